The molecule has 1 atom stereocenters. The van der Waals surface area contributed by atoms with Crippen molar-refractivity contribution >= 4 is 29.3 Å². The van der Waals surface area contributed by atoms with Crippen LogP contribution in [0.2, 0.25) is 0 Å². The van der Waals surface area contributed by atoms with Crippen molar-refractivity contribution in [2.75, 3.05) is 0 Å². The Labute approximate surface area is 172 Å². The van der Waals surface area contributed by atoms with Gasteiger partial charge in [-0.25, -0.2) is 4.79 Å². The minimum atomic E-state index is -0.468. The average Bonchev–Trinajstić information content (AvgIpc) is 2.97. The predicted octanol–water partition coefficient (Wildman–Crippen LogP) is 3.00. The number of nitrogens with one attached hydrogen (secondary N) is 2. The van der Waals surface area contributed by atoms with Gasteiger partial charge < -0.3 is 26.5 Å². The molecule has 6 N–H and O–H groups in total. The minimum absolute atomic E-state index is 0.0176. The van der Waals surface area contributed by atoms with Crippen LogP contribution in [0.1, 0.15) is 53.0 Å². The standard InChI is InChI=1S/C16H22N2O2.C4H9NO.CH3NO/c1-11(18-15(19)20-16(2,3)4)9-12-10-17-14-8-6-5-7-13(12)14;1-2-3-4(5)6;2-1-3/h5-8,10-11,17H,9H2,1-4H3,(H,18,19);2-3H2,1H3,(H2,5,6);1H,(H2,2,3). The van der Waals surface area contributed by atoms with Gasteiger partial charge in [0.05, 0.1) is 0 Å². The van der Waals surface area contributed by atoms with Crippen molar-refractivity contribution in [3.05, 3.63) is 36.0 Å². The van der Waals surface area contributed by atoms with Crippen LogP contribution in [0.25, 0.3) is 10.9 Å². The molecule has 1 heterocycles. The molecule has 0 saturated carbocycles. The van der Waals surface area contributed by atoms with Gasteiger partial charge in [0.15, 0.2) is 0 Å². The molecule has 2 aromatic rings. The number of benzene rings is 1. The number of carbonyl (C=O) groups excluding carboxylic acids is 3. The number of fused-ring (bicyclic) bond motifs is 1. The smallest absolute Gasteiger partial charge is 0.407 e. The van der Waals surface area contributed by atoms with Gasteiger partial charge in [-0.05, 0) is 52.2 Å². The third-order valence-corrected chi connectivity index (χ3v) is 3.46. The maximum atomic E-state index is 11.7. The van der Waals surface area contributed by atoms with Gasteiger partial charge in [0.25, 0.3) is 0 Å². The Morgan fingerprint density at radius 2 is 1.86 bits per heavy atom. The molecule has 0 aliphatic carbocycles. The molecule has 0 bridgehead atoms. The van der Waals surface area contributed by atoms with Crippen molar-refractivity contribution in [2.45, 2.75) is 65.5 Å². The molecule has 1 aromatic carbocycles. The van der Waals surface area contributed by atoms with E-state index in [1.807, 2.05) is 59.0 Å². The van der Waals surface area contributed by atoms with Gasteiger partial charge in [-0.2, -0.15) is 0 Å². The number of hydrogen-bond acceptors (Lipinski definition) is 4. The molecule has 0 aliphatic rings. The predicted molar refractivity (Wildman–Crippen MR) is 115 cm³/mol. The summed E-state index contributed by atoms with van der Waals surface area (Å²) in [6, 6.07) is 8.17. The van der Waals surface area contributed by atoms with Crippen LogP contribution in [0.5, 0.6) is 0 Å². The molecule has 8 heteroatoms. The van der Waals surface area contributed by atoms with Gasteiger partial charge in [0.2, 0.25) is 12.3 Å². The Bertz CT molecular complexity index is 765. The monoisotopic (exact) mass is 406 g/mol. The maximum absolute atomic E-state index is 11.7. The number of ether oxygens (including phenoxy) is 1. The van der Waals surface area contributed by atoms with Gasteiger partial charge in [-0.15, -0.1) is 0 Å². The van der Waals surface area contributed by atoms with Crippen LogP contribution in [0.4, 0.5) is 4.79 Å². The summed E-state index contributed by atoms with van der Waals surface area (Å²) in [5.41, 5.74) is 10.8. The van der Waals surface area contributed by atoms with Gasteiger partial charge >= 0.3 is 6.09 Å². The minimum Gasteiger partial charge on any atom is -0.444 e. The van der Waals surface area contributed by atoms with Crippen molar-refractivity contribution in [3.8, 4) is 0 Å². The third-order valence-electron chi connectivity index (χ3n) is 3.46. The Kier molecular flexibility index (Phi) is 11.8. The molecule has 0 fully saturated rings. The topological polar surface area (TPSA) is 140 Å². The first kappa shape index (κ1) is 26.0. The van der Waals surface area contributed by atoms with E-state index in [9.17, 15) is 9.59 Å². The summed E-state index contributed by atoms with van der Waals surface area (Å²) in [7, 11) is 0. The van der Waals surface area contributed by atoms with Crippen LogP contribution in [0, 0.1) is 0 Å². The SMILES string of the molecule is CC(Cc1c[nH]c2ccccc12)NC(=O)OC(C)(C)C.CCCC(N)=O.NC=O. The van der Waals surface area contributed by atoms with Crippen molar-refractivity contribution in [1.82, 2.24) is 10.3 Å². The molecule has 0 radical (unpaired) electrons. The molecule has 0 aliphatic heterocycles. The highest BCUT2D eigenvalue weighted by molar-refractivity contribution is 5.83. The average molecular weight is 407 g/mol. The molecule has 0 spiro atoms. The normalized spacial score (nSPS) is 11.2. The number of alkyl carbamates (subject to hydrolysis) is 1. The second-order valence-electron chi connectivity index (χ2n) is 7.46. The van der Waals surface area contributed by atoms with Crippen LogP contribution >= 0.6 is 0 Å². The van der Waals surface area contributed by atoms with Crippen molar-refractivity contribution in [3.63, 3.8) is 0 Å². The lowest BCUT2D eigenvalue weighted by molar-refractivity contribution is -0.118. The van der Waals surface area contributed by atoms with Crippen LogP contribution in [0.15, 0.2) is 30.5 Å². The Morgan fingerprint density at radius 3 is 2.34 bits per heavy atom. The van der Waals surface area contributed by atoms with Gasteiger partial charge in [0, 0.05) is 29.6 Å². The lowest BCUT2D eigenvalue weighted by atomic mass is 10.1. The molecule has 2 rings (SSSR count). The Balaban J connectivity index is 0.000000736. The molecule has 29 heavy (non-hydrogen) atoms. The first-order valence-electron chi connectivity index (χ1n) is 9.52. The highest BCUT2D eigenvalue weighted by Gasteiger charge is 2.18. The fourth-order valence-electron chi connectivity index (χ4n) is 2.44. The van der Waals surface area contributed by atoms with E-state index < -0.39 is 5.60 Å². The van der Waals surface area contributed by atoms with E-state index in [2.05, 4.69) is 22.1 Å². The van der Waals surface area contributed by atoms with Gasteiger partial charge in [0.1, 0.15) is 5.60 Å². The highest BCUT2D eigenvalue weighted by atomic mass is 16.6. The number of amides is 3. The molecular formula is C21H34N4O4. The number of primary amides is 2. The number of hydrogen-bond donors (Lipinski definition) is 4. The van der Waals surface area contributed by atoms with E-state index in [1.54, 1.807) is 0 Å². The maximum Gasteiger partial charge on any atom is 0.407 e. The Morgan fingerprint density at radius 1 is 1.28 bits per heavy atom. The zero-order valence-electron chi connectivity index (χ0n) is 18.0. The van der Waals surface area contributed by atoms with E-state index in [4.69, 9.17) is 15.3 Å². The fourth-order valence-corrected chi connectivity index (χ4v) is 2.44. The lowest BCUT2D eigenvalue weighted by Crippen LogP contribution is -2.38. The summed E-state index contributed by atoms with van der Waals surface area (Å²) in [6.45, 7) is 9.47. The molecule has 162 valence electrons. The zero-order chi connectivity index (χ0) is 22.4. The first-order valence-corrected chi connectivity index (χ1v) is 9.52. The van der Waals surface area contributed by atoms with E-state index >= 15 is 0 Å². The van der Waals surface area contributed by atoms with E-state index in [1.165, 1.54) is 10.9 Å². The Hall–Kier alpha value is -3.03. The summed E-state index contributed by atoms with van der Waals surface area (Å²) < 4.78 is 5.26. The molecule has 0 saturated heterocycles. The van der Waals surface area contributed by atoms with E-state index in [0.717, 1.165) is 18.4 Å². The van der Waals surface area contributed by atoms with Crippen molar-refractivity contribution in [1.29, 1.82) is 0 Å². The first-order chi connectivity index (χ1) is 13.5. The van der Waals surface area contributed by atoms with E-state index in [-0.39, 0.29) is 24.5 Å². The quantitative estimate of drug-likeness (QED) is 0.566. The summed E-state index contributed by atoms with van der Waals surface area (Å²) in [4.78, 5) is 33.4. The molecule has 1 aromatic heterocycles. The molecule has 3 amide bonds. The number of H-pyrrole nitrogens is 1. The van der Waals surface area contributed by atoms with Crippen LogP contribution < -0.4 is 16.8 Å². The number of para-hydroxylation sites is 1. The summed E-state index contributed by atoms with van der Waals surface area (Å²) in [5, 5.41) is 4.06. The van der Waals surface area contributed by atoms with E-state index in [0.29, 0.717) is 6.42 Å². The second-order valence-corrected chi connectivity index (χ2v) is 7.46. The summed E-state index contributed by atoms with van der Waals surface area (Å²) >= 11 is 0. The molecular weight excluding hydrogens is 372 g/mol. The zero-order valence-corrected chi connectivity index (χ0v) is 18.0. The highest BCUT2D eigenvalue weighted by Crippen LogP contribution is 2.19. The number of nitrogens with two attached hydrogens (primary N) is 2. The number of aromatic amines is 1. The van der Waals surface area contributed by atoms with Crippen LogP contribution in [-0.4, -0.2) is 35.0 Å². The second kappa shape index (κ2) is 13.2. The number of rotatable bonds is 5. The van der Waals surface area contributed by atoms with Crippen molar-refractivity contribution in [2.24, 2.45) is 11.5 Å². The van der Waals surface area contributed by atoms with Crippen LogP contribution in [0.3, 0.4) is 0 Å². The number of carbonyl (C=O) groups is 3. The fraction of sp³-hybridized carbons (Fsp3) is 0.476. The third kappa shape index (κ3) is 12.1. The van der Waals surface area contributed by atoms with Gasteiger partial charge in [-0.1, -0.05) is 25.1 Å². The lowest BCUT2D eigenvalue weighted by Gasteiger charge is -2.21. The number of aromatic nitrogens is 1. The van der Waals surface area contributed by atoms with Crippen LogP contribution in [-0.2, 0) is 20.7 Å². The molecule has 1 unspecified atom stereocenters. The molecule has 8 nitrogen and oxygen atoms in total. The van der Waals surface area contributed by atoms with Crippen molar-refractivity contribution < 1.29 is 19.1 Å². The van der Waals surface area contributed by atoms with Gasteiger partial charge in [-0.3, -0.25) is 9.59 Å². The largest absolute Gasteiger partial charge is 0.444 e. The summed E-state index contributed by atoms with van der Waals surface area (Å²) in [6.07, 6.45) is 4.01. The summed E-state index contributed by atoms with van der Waals surface area (Å²) in [5.74, 6) is -0.211.